The van der Waals surface area contributed by atoms with Crippen molar-refractivity contribution in [3.05, 3.63) is 11.4 Å². The highest BCUT2D eigenvalue weighted by Gasteiger charge is 2.26. The number of fused-ring (bicyclic) bond motifs is 1. The summed E-state index contributed by atoms with van der Waals surface area (Å²) in [4.78, 5) is 9.61. The van der Waals surface area contributed by atoms with Gasteiger partial charge < -0.3 is 11.1 Å². The first-order valence-corrected chi connectivity index (χ1v) is 7.78. The van der Waals surface area contributed by atoms with E-state index in [0.717, 1.165) is 22.0 Å². The van der Waals surface area contributed by atoms with Crippen molar-refractivity contribution in [1.82, 2.24) is 9.97 Å². The van der Waals surface area contributed by atoms with E-state index in [1.54, 1.807) is 11.3 Å². The number of hydrogen-bond donors (Lipinski definition) is 2. The maximum atomic E-state index is 5.79. The van der Waals surface area contributed by atoms with Crippen molar-refractivity contribution in [3.63, 3.8) is 0 Å². The third-order valence-corrected chi connectivity index (χ3v) is 4.90. The predicted octanol–water partition coefficient (Wildman–Crippen LogP) is 3.51. The molecular weight excluding hydrogens is 256 g/mol. The summed E-state index contributed by atoms with van der Waals surface area (Å²) >= 11 is 1.61. The summed E-state index contributed by atoms with van der Waals surface area (Å²) < 4.78 is 0. The van der Waals surface area contributed by atoms with Gasteiger partial charge >= 0.3 is 0 Å². The second-order valence-corrected chi connectivity index (χ2v) is 6.61. The smallest absolute Gasteiger partial charge is 0.223 e. The Balaban J connectivity index is 1.86. The molecule has 3 atom stereocenters. The van der Waals surface area contributed by atoms with Gasteiger partial charge in [0.05, 0.1) is 5.39 Å². The lowest BCUT2D eigenvalue weighted by Gasteiger charge is -2.33. The van der Waals surface area contributed by atoms with Crippen molar-refractivity contribution < 1.29 is 0 Å². The van der Waals surface area contributed by atoms with Crippen LogP contribution in [0.1, 0.15) is 33.1 Å². The highest BCUT2D eigenvalue weighted by Crippen LogP contribution is 2.33. The zero-order valence-corrected chi connectivity index (χ0v) is 12.2. The average Bonchev–Trinajstić information content (AvgIpc) is 2.80. The molecule has 1 saturated carbocycles. The maximum absolute atomic E-state index is 5.79. The lowest BCUT2D eigenvalue weighted by molar-refractivity contribution is 0.276. The zero-order valence-electron chi connectivity index (χ0n) is 11.4. The van der Waals surface area contributed by atoms with E-state index in [9.17, 15) is 0 Å². The first kappa shape index (κ1) is 12.7. The predicted molar refractivity (Wildman–Crippen MR) is 81.4 cm³/mol. The zero-order chi connectivity index (χ0) is 13.4. The van der Waals surface area contributed by atoms with Crippen LogP contribution in [-0.4, -0.2) is 16.0 Å². The topological polar surface area (TPSA) is 63.8 Å². The minimum atomic E-state index is 0.356. The maximum Gasteiger partial charge on any atom is 0.223 e. The van der Waals surface area contributed by atoms with E-state index in [1.807, 2.05) is 5.38 Å². The molecule has 2 heterocycles. The Morgan fingerprint density at radius 3 is 2.95 bits per heavy atom. The number of nitrogens with two attached hydrogens (primary N) is 1. The molecule has 3 rings (SSSR count). The van der Waals surface area contributed by atoms with Crippen LogP contribution in [0.5, 0.6) is 0 Å². The Morgan fingerprint density at radius 2 is 2.16 bits per heavy atom. The van der Waals surface area contributed by atoms with Crippen molar-refractivity contribution >= 4 is 33.3 Å². The number of nitrogens with zero attached hydrogens (tertiary/aromatic N) is 2. The van der Waals surface area contributed by atoms with Crippen LogP contribution in [0.15, 0.2) is 11.4 Å². The molecule has 1 aliphatic rings. The van der Waals surface area contributed by atoms with Gasteiger partial charge in [0.1, 0.15) is 10.6 Å². The molecule has 5 heteroatoms. The van der Waals surface area contributed by atoms with Crippen LogP contribution in [0, 0.1) is 11.8 Å². The van der Waals surface area contributed by atoms with Gasteiger partial charge in [0.25, 0.3) is 0 Å². The van der Waals surface area contributed by atoms with E-state index >= 15 is 0 Å². The summed E-state index contributed by atoms with van der Waals surface area (Å²) in [5.41, 5.74) is 5.79. The van der Waals surface area contributed by atoms with E-state index in [0.29, 0.717) is 17.9 Å². The SMILES string of the molecule is CC1CCC(Nc2nc(N)nc3sccc23)C(C)C1. The number of nitrogens with one attached hydrogen (secondary N) is 1. The Bertz CT molecular complexity index is 580. The third-order valence-electron chi connectivity index (χ3n) is 4.10. The molecule has 19 heavy (non-hydrogen) atoms. The standard InChI is InChI=1S/C14H20N4S/c1-8-3-4-11(9(2)7-8)16-12-10-5-6-19-13(10)18-14(15)17-12/h5-6,8-9,11H,3-4,7H2,1-2H3,(H3,15,16,17,18). The normalized spacial score (nSPS) is 27.6. The molecule has 2 aromatic rings. The largest absolute Gasteiger partial charge is 0.368 e. The van der Waals surface area contributed by atoms with Gasteiger partial charge in [0.15, 0.2) is 0 Å². The molecular formula is C14H20N4S. The molecule has 0 radical (unpaired) electrons. The van der Waals surface area contributed by atoms with Gasteiger partial charge in [-0.05, 0) is 42.5 Å². The van der Waals surface area contributed by atoms with E-state index in [1.165, 1.54) is 19.3 Å². The molecule has 0 saturated heterocycles. The van der Waals surface area contributed by atoms with Crippen LogP contribution in [0.4, 0.5) is 11.8 Å². The molecule has 1 aliphatic carbocycles. The highest BCUT2D eigenvalue weighted by molar-refractivity contribution is 7.16. The van der Waals surface area contributed by atoms with Crippen LogP contribution in [-0.2, 0) is 0 Å². The molecule has 3 N–H and O–H groups in total. The third kappa shape index (κ3) is 2.52. The van der Waals surface area contributed by atoms with Gasteiger partial charge in [-0.25, -0.2) is 4.98 Å². The molecule has 0 spiro atoms. The average molecular weight is 276 g/mol. The fourth-order valence-corrected chi connectivity index (χ4v) is 3.81. The molecule has 2 aromatic heterocycles. The van der Waals surface area contributed by atoms with Crippen molar-refractivity contribution in [2.75, 3.05) is 11.1 Å². The highest BCUT2D eigenvalue weighted by atomic mass is 32.1. The molecule has 102 valence electrons. The van der Waals surface area contributed by atoms with Crippen molar-refractivity contribution in [3.8, 4) is 0 Å². The summed E-state index contributed by atoms with van der Waals surface area (Å²) in [6, 6.07) is 2.56. The first-order chi connectivity index (χ1) is 9.13. The Kier molecular flexibility index (Phi) is 3.31. The molecule has 4 nitrogen and oxygen atoms in total. The molecule has 0 amide bonds. The summed E-state index contributed by atoms with van der Waals surface area (Å²) in [7, 11) is 0. The Labute approximate surface area is 117 Å². The minimum Gasteiger partial charge on any atom is -0.368 e. The van der Waals surface area contributed by atoms with Gasteiger partial charge in [0, 0.05) is 6.04 Å². The Morgan fingerprint density at radius 1 is 1.32 bits per heavy atom. The lowest BCUT2D eigenvalue weighted by Crippen LogP contribution is -2.33. The van der Waals surface area contributed by atoms with E-state index in [4.69, 9.17) is 5.73 Å². The van der Waals surface area contributed by atoms with Gasteiger partial charge in [-0.2, -0.15) is 4.98 Å². The number of hydrogen-bond acceptors (Lipinski definition) is 5. The van der Waals surface area contributed by atoms with Crippen LogP contribution in [0.2, 0.25) is 0 Å². The summed E-state index contributed by atoms with van der Waals surface area (Å²) in [5.74, 6) is 2.77. The van der Waals surface area contributed by atoms with Crippen molar-refractivity contribution in [2.24, 2.45) is 11.8 Å². The Hall–Kier alpha value is -1.36. The quantitative estimate of drug-likeness (QED) is 0.881. The fourth-order valence-electron chi connectivity index (χ4n) is 3.04. The summed E-state index contributed by atoms with van der Waals surface area (Å²) in [6.45, 7) is 4.66. The lowest BCUT2D eigenvalue weighted by atomic mass is 9.80. The van der Waals surface area contributed by atoms with Crippen LogP contribution < -0.4 is 11.1 Å². The van der Waals surface area contributed by atoms with E-state index in [2.05, 4.69) is 35.2 Å². The second kappa shape index (κ2) is 4.96. The molecule has 0 aliphatic heterocycles. The van der Waals surface area contributed by atoms with Crippen LogP contribution in [0.25, 0.3) is 10.2 Å². The van der Waals surface area contributed by atoms with Crippen molar-refractivity contribution in [1.29, 1.82) is 0 Å². The van der Waals surface area contributed by atoms with E-state index < -0.39 is 0 Å². The number of aromatic nitrogens is 2. The monoisotopic (exact) mass is 276 g/mol. The number of rotatable bonds is 2. The van der Waals surface area contributed by atoms with Gasteiger partial charge in [-0.1, -0.05) is 13.8 Å². The molecule has 0 bridgehead atoms. The summed E-state index contributed by atoms with van der Waals surface area (Å²) in [5, 5.41) is 6.72. The van der Waals surface area contributed by atoms with Crippen LogP contribution >= 0.6 is 11.3 Å². The number of thiophene rings is 1. The van der Waals surface area contributed by atoms with Gasteiger partial charge in [-0.15, -0.1) is 11.3 Å². The van der Waals surface area contributed by atoms with Crippen LogP contribution in [0.3, 0.4) is 0 Å². The number of anilines is 2. The fraction of sp³-hybridized carbons (Fsp3) is 0.571. The molecule has 1 fully saturated rings. The minimum absolute atomic E-state index is 0.356. The summed E-state index contributed by atoms with van der Waals surface area (Å²) in [6.07, 6.45) is 3.78. The van der Waals surface area contributed by atoms with E-state index in [-0.39, 0.29) is 0 Å². The molecule has 3 unspecified atom stereocenters. The first-order valence-electron chi connectivity index (χ1n) is 6.90. The van der Waals surface area contributed by atoms with Gasteiger partial charge in [-0.3, -0.25) is 0 Å². The van der Waals surface area contributed by atoms with Gasteiger partial charge in [0.2, 0.25) is 5.95 Å². The number of nitrogen functional groups attached to an aromatic ring is 1. The van der Waals surface area contributed by atoms with Crippen molar-refractivity contribution in [2.45, 2.75) is 39.2 Å². The second-order valence-electron chi connectivity index (χ2n) is 5.72. The molecule has 0 aromatic carbocycles.